The van der Waals surface area contributed by atoms with Crippen LogP contribution in [0, 0.1) is 13.8 Å². The summed E-state index contributed by atoms with van der Waals surface area (Å²) in [7, 11) is 0. The predicted molar refractivity (Wildman–Crippen MR) is 45.9 cm³/mol. The maximum absolute atomic E-state index is 5.88. The molecule has 0 saturated heterocycles. The highest BCUT2D eigenvalue weighted by atomic mass is 35.5. The molecule has 0 fully saturated rings. The average Bonchev–Trinajstić information content (AvgIpc) is 1.85. The summed E-state index contributed by atoms with van der Waals surface area (Å²) in [4.78, 5) is 8.27. The molecule has 0 radical (unpaired) electrons. The summed E-state index contributed by atoms with van der Waals surface area (Å²) in [6, 6.07) is 0. The molecule has 0 N–H and O–H groups in total. The van der Waals surface area contributed by atoms with Gasteiger partial charge >= 0.3 is 0 Å². The Hall–Kier alpha value is -0.630. The fraction of sp³-hybridized carbons (Fsp3) is 0.500. The Bertz CT molecular complexity index is 248. The fourth-order valence-corrected chi connectivity index (χ4v) is 1.49. The second-order valence-electron chi connectivity index (χ2n) is 2.48. The van der Waals surface area contributed by atoms with E-state index in [2.05, 4.69) is 9.97 Å². The fourth-order valence-electron chi connectivity index (χ4n) is 1.10. The molecule has 11 heavy (non-hydrogen) atoms. The van der Waals surface area contributed by atoms with Crippen LogP contribution < -0.4 is 0 Å². The smallest absolute Gasteiger partial charge is 0.136 e. The Balaban J connectivity index is 3.25. The molecule has 3 heteroatoms. The zero-order chi connectivity index (χ0) is 8.43. The second-order valence-corrected chi connectivity index (χ2v) is 2.84. The van der Waals surface area contributed by atoms with E-state index in [1.807, 2.05) is 20.8 Å². The van der Waals surface area contributed by atoms with Gasteiger partial charge in [0.05, 0.1) is 0 Å². The molecule has 1 heterocycles. The van der Waals surface area contributed by atoms with Crippen LogP contribution in [-0.2, 0) is 6.42 Å². The molecule has 0 aromatic carbocycles. The first-order valence-corrected chi connectivity index (χ1v) is 4.02. The van der Waals surface area contributed by atoms with Gasteiger partial charge in [0, 0.05) is 11.3 Å². The molecule has 0 aliphatic heterocycles. The van der Waals surface area contributed by atoms with Gasteiger partial charge in [0.1, 0.15) is 11.0 Å². The second kappa shape index (κ2) is 3.18. The highest BCUT2D eigenvalue weighted by Crippen LogP contribution is 2.15. The number of hydrogen-bond donors (Lipinski definition) is 0. The van der Waals surface area contributed by atoms with Gasteiger partial charge in [-0.15, -0.1) is 0 Å². The Morgan fingerprint density at radius 2 is 1.91 bits per heavy atom. The lowest BCUT2D eigenvalue weighted by Crippen LogP contribution is -1.98. The normalized spacial score (nSPS) is 10.2. The van der Waals surface area contributed by atoms with Gasteiger partial charge in [-0.2, -0.15) is 0 Å². The van der Waals surface area contributed by atoms with Crippen molar-refractivity contribution in [2.45, 2.75) is 27.2 Å². The molecular formula is C8H11ClN2. The van der Waals surface area contributed by atoms with Gasteiger partial charge in [0.2, 0.25) is 0 Å². The maximum Gasteiger partial charge on any atom is 0.136 e. The van der Waals surface area contributed by atoms with Crippen molar-refractivity contribution in [1.82, 2.24) is 9.97 Å². The van der Waals surface area contributed by atoms with Crippen LogP contribution in [0.3, 0.4) is 0 Å². The molecule has 0 bridgehead atoms. The molecule has 0 aliphatic rings. The van der Waals surface area contributed by atoms with E-state index < -0.39 is 0 Å². The van der Waals surface area contributed by atoms with Crippen LogP contribution in [-0.4, -0.2) is 9.97 Å². The van der Waals surface area contributed by atoms with Crippen molar-refractivity contribution in [2.24, 2.45) is 0 Å². The van der Waals surface area contributed by atoms with Gasteiger partial charge in [-0.1, -0.05) is 18.5 Å². The molecule has 0 saturated carbocycles. The standard InChI is InChI=1S/C8H11ClN2/c1-4-7-5(2)10-6(3)11-8(7)9/h4H2,1-3H3. The van der Waals surface area contributed by atoms with Crippen molar-refractivity contribution in [3.05, 3.63) is 22.2 Å². The van der Waals surface area contributed by atoms with Gasteiger partial charge in [0.25, 0.3) is 0 Å². The number of aryl methyl sites for hydroxylation is 2. The first-order valence-electron chi connectivity index (χ1n) is 3.64. The van der Waals surface area contributed by atoms with Gasteiger partial charge in [-0.25, -0.2) is 9.97 Å². The molecular weight excluding hydrogens is 160 g/mol. The molecule has 0 aliphatic carbocycles. The predicted octanol–water partition coefficient (Wildman–Crippen LogP) is 2.31. The van der Waals surface area contributed by atoms with Crippen LogP contribution >= 0.6 is 11.6 Å². The highest BCUT2D eigenvalue weighted by Gasteiger charge is 2.04. The SMILES string of the molecule is CCc1c(C)nc(C)nc1Cl. The maximum atomic E-state index is 5.88. The molecule has 1 aromatic rings. The minimum absolute atomic E-state index is 0.595. The van der Waals surface area contributed by atoms with Crippen LogP contribution in [0.15, 0.2) is 0 Å². The lowest BCUT2D eigenvalue weighted by atomic mass is 10.2. The van der Waals surface area contributed by atoms with Crippen molar-refractivity contribution in [3.63, 3.8) is 0 Å². The van der Waals surface area contributed by atoms with Crippen molar-refractivity contribution < 1.29 is 0 Å². The lowest BCUT2D eigenvalue weighted by Gasteiger charge is -2.04. The zero-order valence-electron chi connectivity index (χ0n) is 6.98. The van der Waals surface area contributed by atoms with Crippen LogP contribution in [0.25, 0.3) is 0 Å². The molecule has 0 spiro atoms. The van der Waals surface area contributed by atoms with E-state index in [-0.39, 0.29) is 0 Å². The minimum atomic E-state index is 0.595. The third-order valence-electron chi connectivity index (χ3n) is 1.63. The summed E-state index contributed by atoms with van der Waals surface area (Å²) in [5.74, 6) is 0.740. The van der Waals surface area contributed by atoms with Crippen LogP contribution in [0.2, 0.25) is 5.15 Å². The zero-order valence-corrected chi connectivity index (χ0v) is 7.74. The number of rotatable bonds is 1. The largest absolute Gasteiger partial charge is 0.238 e. The van der Waals surface area contributed by atoms with Gasteiger partial charge in [-0.3, -0.25) is 0 Å². The van der Waals surface area contributed by atoms with Gasteiger partial charge in [0.15, 0.2) is 0 Å². The molecule has 60 valence electrons. The molecule has 0 atom stereocenters. The van der Waals surface area contributed by atoms with E-state index in [4.69, 9.17) is 11.6 Å². The Morgan fingerprint density at radius 1 is 1.27 bits per heavy atom. The summed E-state index contributed by atoms with van der Waals surface area (Å²) in [6.45, 7) is 5.85. The van der Waals surface area contributed by atoms with Gasteiger partial charge in [-0.05, 0) is 20.3 Å². The van der Waals surface area contributed by atoms with Crippen molar-refractivity contribution in [1.29, 1.82) is 0 Å². The van der Waals surface area contributed by atoms with Crippen molar-refractivity contribution in [3.8, 4) is 0 Å². The van der Waals surface area contributed by atoms with E-state index in [0.29, 0.717) is 5.15 Å². The van der Waals surface area contributed by atoms with E-state index >= 15 is 0 Å². The summed E-state index contributed by atoms with van der Waals surface area (Å²) in [5, 5.41) is 0.595. The van der Waals surface area contributed by atoms with Crippen LogP contribution in [0.5, 0.6) is 0 Å². The summed E-state index contributed by atoms with van der Waals surface area (Å²) in [5.41, 5.74) is 2.04. The van der Waals surface area contributed by atoms with E-state index in [1.54, 1.807) is 0 Å². The Morgan fingerprint density at radius 3 is 2.36 bits per heavy atom. The Kier molecular flexibility index (Phi) is 2.45. The first kappa shape index (κ1) is 8.47. The summed E-state index contributed by atoms with van der Waals surface area (Å²) < 4.78 is 0. The monoisotopic (exact) mass is 170 g/mol. The average molecular weight is 171 g/mol. The first-order chi connectivity index (χ1) is 5.15. The van der Waals surface area contributed by atoms with Crippen molar-refractivity contribution in [2.75, 3.05) is 0 Å². The third kappa shape index (κ3) is 1.69. The molecule has 0 unspecified atom stereocenters. The number of aromatic nitrogens is 2. The van der Waals surface area contributed by atoms with Crippen molar-refractivity contribution >= 4 is 11.6 Å². The van der Waals surface area contributed by atoms with E-state index in [9.17, 15) is 0 Å². The quantitative estimate of drug-likeness (QED) is 0.605. The van der Waals surface area contributed by atoms with Gasteiger partial charge < -0.3 is 0 Å². The van der Waals surface area contributed by atoms with Crippen LogP contribution in [0.1, 0.15) is 24.0 Å². The van der Waals surface area contributed by atoms with E-state index in [0.717, 1.165) is 23.5 Å². The third-order valence-corrected chi connectivity index (χ3v) is 1.94. The van der Waals surface area contributed by atoms with Crippen LogP contribution in [0.4, 0.5) is 0 Å². The highest BCUT2D eigenvalue weighted by molar-refractivity contribution is 6.30. The Labute approximate surface area is 71.6 Å². The number of halogens is 1. The number of nitrogens with zero attached hydrogens (tertiary/aromatic N) is 2. The summed E-state index contributed by atoms with van der Waals surface area (Å²) in [6.07, 6.45) is 0.894. The molecule has 1 aromatic heterocycles. The lowest BCUT2D eigenvalue weighted by molar-refractivity contribution is 0.948. The minimum Gasteiger partial charge on any atom is -0.238 e. The van der Waals surface area contributed by atoms with E-state index in [1.165, 1.54) is 0 Å². The topological polar surface area (TPSA) is 25.8 Å². The molecule has 2 nitrogen and oxygen atoms in total. The number of hydrogen-bond acceptors (Lipinski definition) is 2. The molecule has 0 amide bonds. The summed E-state index contributed by atoms with van der Waals surface area (Å²) >= 11 is 5.88. The molecule has 1 rings (SSSR count).